The molecule has 0 aromatic carbocycles. The minimum absolute atomic E-state index is 0.0823. The summed E-state index contributed by atoms with van der Waals surface area (Å²) >= 11 is -0.366. The van der Waals surface area contributed by atoms with Gasteiger partial charge in [0.25, 0.3) is 0 Å². The van der Waals surface area contributed by atoms with Crippen LogP contribution in [-0.2, 0) is 15.5 Å². The highest BCUT2D eigenvalue weighted by molar-refractivity contribution is 7.79. The molecular weight excluding hydrogens is 284 g/mol. The van der Waals surface area contributed by atoms with E-state index in [9.17, 15) is 4.21 Å². The molecule has 0 amide bonds. The molecule has 0 fully saturated rings. The predicted molar refractivity (Wildman–Crippen MR) is 80.1 cm³/mol. The highest BCUT2D eigenvalue weighted by Crippen LogP contribution is 2.32. The van der Waals surface area contributed by atoms with Crippen molar-refractivity contribution in [3.63, 3.8) is 0 Å². The van der Waals surface area contributed by atoms with E-state index in [0.29, 0.717) is 4.90 Å². The molecule has 0 radical (unpaired) electrons. The van der Waals surface area contributed by atoms with Crippen molar-refractivity contribution in [1.29, 1.82) is 0 Å². The largest absolute Gasteiger partial charge is 0.410 e. The third kappa shape index (κ3) is 5.32. The number of unbranched alkanes of at least 4 members (excludes halogenated alkanes) is 1. The van der Waals surface area contributed by atoms with Gasteiger partial charge in [0.15, 0.2) is 19.4 Å². The summed E-state index contributed by atoms with van der Waals surface area (Å²) < 4.78 is 26.3. The van der Waals surface area contributed by atoms with Crippen molar-refractivity contribution < 1.29 is 13.2 Å². The van der Waals surface area contributed by atoms with Gasteiger partial charge >= 0.3 is 0 Å². The summed E-state index contributed by atoms with van der Waals surface area (Å²) in [4.78, 5) is 1.55. The van der Waals surface area contributed by atoms with E-state index in [1.54, 1.807) is 11.4 Å². The maximum absolute atomic E-state index is 11.0. The zero-order valence-corrected chi connectivity index (χ0v) is 14.1. The lowest BCUT2D eigenvalue weighted by molar-refractivity contribution is 0.187. The summed E-state index contributed by atoms with van der Waals surface area (Å²) in [6.45, 7) is 8.67. The summed E-state index contributed by atoms with van der Waals surface area (Å²) in [5.74, 6) is 0. The van der Waals surface area contributed by atoms with Crippen molar-refractivity contribution in [3.05, 3.63) is 16.3 Å². The third-order valence-corrected chi connectivity index (χ3v) is 5.23. The molecule has 2 unspecified atom stereocenters. The molecule has 1 heterocycles. The first-order valence-corrected chi connectivity index (χ1v) is 11.6. The summed E-state index contributed by atoms with van der Waals surface area (Å²) in [6.07, 6.45) is 3.32. The van der Waals surface area contributed by atoms with E-state index >= 15 is 0 Å². The van der Waals surface area contributed by atoms with E-state index in [1.807, 2.05) is 0 Å². The van der Waals surface area contributed by atoms with Crippen LogP contribution in [0.4, 0.5) is 0 Å². The molecule has 0 saturated heterocycles. The minimum Gasteiger partial charge on any atom is -0.410 e. The van der Waals surface area contributed by atoms with Gasteiger partial charge in [-0.3, -0.25) is 0 Å². The van der Waals surface area contributed by atoms with E-state index in [2.05, 4.69) is 26.6 Å². The molecule has 3 nitrogen and oxygen atoms in total. The average Bonchev–Trinajstić information content (AvgIpc) is 2.71. The van der Waals surface area contributed by atoms with Crippen LogP contribution in [0, 0.1) is 0 Å². The number of hydrogen-bond acceptors (Lipinski definition) is 3. The monoisotopic (exact) mass is 306 g/mol. The van der Waals surface area contributed by atoms with Crippen molar-refractivity contribution >= 4 is 30.7 Å². The fraction of sp³-hybridized carbons (Fsp3) is 0.667. The van der Waals surface area contributed by atoms with Crippen LogP contribution in [-0.4, -0.2) is 17.1 Å². The third-order valence-electron chi connectivity index (χ3n) is 2.43. The van der Waals surface area contributed by atoms with E-state index in [-0.39, 0.29) is 6.10 Å². The Morgan fingerprint density at radius 1 is 1.50 bits per heavy atom. The molecular formula is C12H22O3S2Si. The van der Waals surface area contributed by atoms with Crippen molar-refractivity contribution in [2.45, 2.75) is 56.8 Å². The van der Waals surface area contributed by atoms with Gasteiger partial charge in [-0.2, -0.15) is 0 Å². The topological polar surface area (TPSA) is 46.5 Å². The van der Waals surface area contributed by atoms with Crippen molar-refractivity contribution in [2.75, 3.05) is 0 Å². The maximum atomic E-state index is 11.0. The first-order valence-electron chi connectivity index (χ1n) is 6.20. The molecule has 6 heteroatoms. The Balaban J connectivity index is 2.83. The normalized spacial score (nSPS) is 15.6. The Morgan fingerprint density at radius 3 is 2.61 bits per heavy atom. The van der Waals surface area contributed by atoms with Crippen molar-refractivity contribution in [3.8, 4) is 0 Å². The lowest BCUT2D eigenvalue weighted by atomic mass is 10.1. The Hall–Kier alpha value is -0.0131. The van der Waals surface area contributed by atoms with Crippen LogP contribution >= 0.6 is 11.3 Å². The molecule has 0 saturated carbocycles. The highest BCUT2D eigenvalue weighted by Gasteiger charge is 2.23. The van der Waals surface area contributed by atoms with Gasteiger partial charge in [-0.15, -0.1) is 11.3 Å². The Bertz CT molecular complexity index is 398. The highest BCUT2D eigenvalue weighted by atomic mass is 32.2. The molecule has 1 rings (SSSR count). The van der Waals surface area contributed by atoms with E-state index in [4.69, 9.17) is 8.98 Å². The van der Waals surface area contributed by atoms with Gasteiger partial charge < -0.3 is 8.98 Å². The molecule has 1 N–H and O–H groups in total. The van der Waals surface area contributed by atoms with Gasteiger partial charge in [-0.1, -0.05) is 19.8 Å². The average molecular weight is 307 g/mol. The molecule has 18 heavy (non-hydrogen) atoms. The van der Waals surface area contributed by atoms with Crippen molar-refractivity contribution in [1.82, 2.24) is 0 Å². The molecule has 104 valence electrons. The fourth-order valence-electron chi connectivity index (χ4n) is 1.67. The van der Waals surface area contributed by atoms with Crippen LogP contribution in [0.15, 0.2) is 16.3 Å². The SMILES string of the molecule is CCCCC(O[Si](C)(C)C)c1cc(S(=O)O)cs1. The summed E-state index contributed by atoms with van der Waals surface area (Å²) in [5.41, 5.74) is 0. The number of rotatable bonds is 7. The van der Waals surface area contributed by atoms with Crippen LogP contribution in [0.2, 0.25) is 19.6 Å². The predicted octanol–water partition coefficient (Wildman–Crippen LogP) is 4.41. The molecule has 0 bridgehead atoms. The summed E-state index contributed by atoms with van der Waals surface area (Å²) in [5, 5.41) is 1.75. The Morgan fingerprint density at radius 2 is 2.17 bits per heavy atom. The number of thiophene rings is 1. The molecule has 2 atom stereocenters. The van der Waals surface area contributed by atoms with Gasteiger partial charge in [-0.25, -0.2) is 4.21 Å². The standard InChI is InChI=1S/C12H22O3S2Si/c1-5-6-7-11(15-18(2,3)4)12-8-10(9-16-12)17(13)14/h8-9,11H,5-7H2,1-4H3,(H,13,14). The zero-order valence-electron chi connectivity index (χ0n) is 11.4. The van der Waals surface area contributed by atoms with Crippen LogP contribution in [0.25, 0.3) is 0 Å². The summed E-state index contributed by atoms with van der Waals surface area (Å²) in [7, 11) is -1.60. The van der Waals surface area contributed by atoms with E-state index < -0.39 is 19.4 Å². The first-order chi connectivity index (χ1) is 8.33. The molecule has 0 aliphatic rings. The lowest BCUT2D eigenvalue weighted by Gasteiger charge is -2.25. The van der Waals surface area contributed by atoms with Crippen LogP contribution in [0.3, 0.4) is 0 Å². The molecule has 0 aliphatic heterocycles. The van der Waals surface area contributed by atoms with Crippen molar-refractivity contribution in [2.24, 2.45) is 0 Å². The fourth-order valence-corrected chi connectivity index (χ4v) is 4.46. The zero-order chi connectivity index (χ0) is 13.8. The Labute approximate surface area is 117 Å². The van der Waals surface area contributed by atoms with E-state index in [0.717, 1.165) is 24.1 Å². The van der Waals surface area contributed by atoms with Gasteiger partial charge in [0.2, 0.25) is 0 Å². The Kier molecular flexibility index (Phi) is 6.20. The smallest absolute Gasteiger partial charge is 0.187 e. The summed E-state index contributed by atoms with van der Waals surface area (Å²) in [6, 6.07) is 1.81. The van der Waals surface area contributed by atoms with Crippen LogP contribution < -0.4 is 0 Å². The molecule has 1 aromatic heterocycles. The maximum Gasteiger partial charge on any atom is 0.187 e. The minimum atomic E-state index is -1.89. The molecule has 0 aliphatic carbocycles. The lowest BCUT2D eigenvalue weighted by Crippen LogP contribution is -2.27. The van der Waals surface area contributed by atoms with Gasteiger partial charge in [0.1, 0.15) is 0 Å². The first kappa shape index (κ1) is 16.0. The quantitative estimate of drug-likeness (QED) is 0.599. The molecule has 0 spiro atoms. The van der Waals surface area contributed by atoms with E-state index in [1.165, 1.54) is 11.3 Å². The van der Waals surface area contributed by atoms with Crippen LogP contribution in [0.5, 0.6) is 0 Å². The molecule has 1 aromatic rings. The van der Waals surface area contributed by atoms with Crippen LogP contribution in [0.1, 0.15) is 37.2 Å². The second-order valence-electron chi connectivity index (χ2n) is 5.30. The van der Waals surface area contributed by atoms with Gasteiger partial charge in [-0.05, 0) is 32.1 Å². The van der Waals surface area contributed by atoms with Gasteiger partial charge in [0.05, 0.1) is 11.0 Å². The number of hydrogen-bond donors (Lipinski definition) is 1. The van der Waals surface area contributed by atoms with Gasteiger partial charge in [0, 0.05) is 10.3 Å². The second-order valence-corrected chi connectivity index (χ2v) is 11.7. The second kappa shape index (κ2) is 6.95.